The smallest absolute Gasteiger partial charge is 0.317 e. The van der Waals surface area contributed by atoms with E-state index in [1.165, 1.54) is 12.1 Å². The van der Waals surface area contributed by atoms with E-state index in [9.17, 15) is 9.18 Å². The maximum absolute atomic E-state index is 12.7. The molecule has 112 valence electrons. The van der Waals surface area contributed by atoms with Gasteiger partial charge in [-0.05, 0) is 30.7 Å². The van der Waals surface area contributed by atoms with Crippen molar-refractivity contribution in [1.82, 2.24) is 10.2 Å². The Kier molecular flexibility index (Phi) is 7.47. The van der Waals surface area contributed by atoms with Gasteiger partial charge in [-0.15, -0.1) is 0 Å². The number of carbonyl (C=O) groups is 1. The van der Waals surface area contributed by atoms with Crippen LogP contribution in [-0.2, 0) is 0 Å². The summed E-state index contributed by atoms with van der Waals surface area (Å²) < 4.78 is 18.1. The van der Waals surface area contributed by atoms with E-state index in [2.05, 4.69) is 12.2 Å². The van der Waals surface area contributed by atoms with Crippen molar-refractivity contribution in [3.8, 4) is 5.75 Å². The van der Waals surface area contributed by atoms with Gasteiger partial charge < -0.3 is 15.0 Å². The molecule has 1 aromatic carbocycles. The second-order valence-electron chi connectivity index (χ2n) is 4.66. The number of likely N-dealkylation sites (N-methyl/N-ethyl adjacent to an activating group) is 1. The molecule has 0 radical (unpaired) electrons. The molecule has 0 saturated heterocycles. The van der Waals surface area contributed by atoms with E-state index in [0.717, 1.165) is 19.3 Å². The zero-order chi connectivity index (χ0) is 14.8. The quantitative estimate of drug-likeness (QED) is 0.745. The van der Waals surface area contributed by atoms with Gasteiger partial charge in [0, 0.05) is 13.6 Å². The first kappa shape index (κ1) is 16.3. The first-order chi connectivity index (χ1) is 9.63. The van der Waals surface area contributed by atoms with Crippen LogP contribution in [0.1, 0.15) is 26.2 Å². The Balaban J connectivity index is 2.17. The molecular formula is C15H23FN2O2. The fraction of sp³-hybridized carbons (Fsp3) is 0.533. The number of hydrogen-bond donors (Lipinski definition) is 1. The summed E-state index contributed by atoms with van der Waals surface area (Å²) in [5, 5.41) is 2.86. The van der Waals surface area contributed by atoms with E-state index in [4.69, 9.17) is 4.74 Å². The second kappa shape index (κ2) is 9.18. The molecule has 0 atom stereocenters. The summed E-state index contributed by atoms with van der Waals surface area (Å²) >= 11 is 0. The number of amides is 2. The average molecular weight is 282 g/mol. The maximum Gasteiger partial charge on any atom is 0.317 e. The van der Waals surface area contributed by atoms with Gasteiger partial charge in [0.25, 0.3) is 0 Å². The Labute approximate surface area is 119 Å². The fourth-order valence-corrected chi connectivity index (χ4v) is 1.64. The van der Waals surface area contributed by atoms with Gasteiger partial charge in [-0.1, -0.05) is 19.8 Å². The first-order valence-electron chi connectivity index (χ1n) is 7.00. The molecule has 5 heteroatoms. The Morgan fingerprint density at radius 3 is 2.65 bits per heavy atom. The van der Waals surface area contributed by atoms with Gasteiger partial charge in [0.1, 0.15) is 18.2 Å². The van der Waals surface area contributed by atoms with Crippen molar-refractivity contribution in [3.05, 3.63) is 30.1 Å². The highest BCUT2D eigenvalue weighted by Gasteiger charge is 2.07. The van der Waals surface area contributed by atoms with Crippen LogP contribution in [0.25, 0.3) is 0 Å². The molecule has 0 heterocycles. The molecule has 1 rings (SSSR count). The van der Waals surface area contributed by atoms with Gasteiger partial charge in [-0.25, -0.2) is 9.18 Å². The van der Waals surface area contributed by atoms with Gasteiger partial charge in [0.05, 0.1) is 6.54 Å². The third-order valence-corrected chi connectivity index (χ3v) is 2.91. The van der Waals surface area contributed by atoms with Crippen LogP contribution in [0, 0.1) is 5.82 Å². The highest BCUT2D eigenvalue weighted by molar-refractivity contribution is 5.73. The van der Waals surface area contributed by atoms with E-state index in [1.807, 2.05) is 0 Å². The fourth-order valence-electron chi connectivity index (χ4n) is 1.64. The lowest BCUT2D eigenvalue weighted by atomic mass is 10.2. The van der Waals surface area contributed by atoms with Crippen LogP contribution >= 0.6 is 0 Å². The molecular weight excluding hydrogens is 259 g/mol. The molecule has 0 aliphatic rings. The molecule has 4 nitrogen and oxygen atoms in total. The minimum atomic E-state index is -0.291. The zero-order valence-corrected chi connectivity index (χ0v) is 12.2. The van der Waals surface area contributed by atoms with Crippen LogP contribution in [0.4, 0.5) is 9.18 Å². The van der Waals surface area contributed by atoms with Crippen LogP contribution in [0.5, 0.6) is 5.75 Å². The summed E-state index contributed by atoms with van der Waals surface area (Å²) in [6, 6.07) is 5.74. The molecule has 1 aromatic rings. The van der Waals surface area contributed by atoms with Gasteiger partial charge in [-0.3, -0.25) is 0 Å². The number of unbranched alkanes of at least 4 members (excludes halogenated alkanes) is 2. The van der Waals surface area contributed by atoms with Crippen molar-refractivity contribution in [2.24, 2.45) is 0 Å². The van der Waals surface area contributed by atoms with Crippen molar-refractivity contribution < 1.29 is 13.9 Å². The number of hydrogen-bond acceptors (Lipinski definition) is 2. The predicted molar refractivity (Wildman–Crippen MR) is 77.4 cm³/mol. The number of urea groups is 1. The normalized spacial score (nSPS) is 10.2. The highest BCUT2D eigenvalue weighted by atomic mass is 19.1. The molecule has 0 aliphatic carbocycles. The van der Waals surface area contributed by atoms with E-state index in [-0.39, 0.29) is 11.8 Å². The summed E-state index contributed by atoms with van der Waals surface area (Å²) in [5.41, 5.74) is 0. The van der Waals surface area contributed by atoms with Crippen LogP contribution in [0.2, 0.25) is 0 Å². The van der Waals surface area contributed by atoms with Crippen molar-refractivity contribution >= 4 is 6.03 Å². The van der Waals surface area contributed by atoms with E-state index in [1.54, 1.807) is 24.1 Å². The van der Waals surface area contributed by atoms with Gasteiger partial charge in [0.15, 0.2) is 0 Å². The molecule has 0 spiro atoms. The van der Waals surface area contributed by atoms with Crippen LogP contribution < -0.4 is 10.1 Å². The minimum absolute atomic E-state index is 0.0937. The largest absolute Gasteiger partial charge is 0.492 e. The SMILES string of the molecule is CCCCCNC(=O)N(C)CCOc1ccc(F)cc1. The second-order valence-corrected chi connectivity index (χ2v) is 4.66. The molecule has 0 unspecified atom stereocenters. The predicted octanol–water partition coefficient (Wildman–Crippen LogP) is 3.04. The summed E-state index contributed by atoms with van der Waals surface area (Å²) in [5.74, 6) is 0.309. The Bertz CT molecular complexity index is 395. The lowest BCUT2D eigenvalue weighted by Gasteiger charge is -2.18. The van der Waals surface area contributed by atoms with Crippen molar-refractivity contribution in [2.45, 2.75) is 26.2 Å². The van der Waals surface area contributed by atoms with Crippen LogP contribution in [0.15, 0.2) is 24.3 Å². The molecule has 2 amide bonds. The monoisotopic (exact) mass is 282 g/mol. The van der Waals surface area contributed by atoms with Gasteiger partial charge in [0.2, 0.25) is 0 Å². The van der Waals surface area contributed by atoms with Gasteiger partial charge in [-0.2, -0.15) is 0 Å². The summed E-state index contributed by atoms with van der Waals surface area (Å²) in [7, 11) is 1.73. The minimum Gasteiger partial charge on any atom is -0.492 e. The number of halogens is 1. The topological polar surface area (TPSA) is 41.6 Å². The van der Waals surface area contributed by atoms with E-state index in [0.29, 0.717) is 25.4 Å². The number of nitrogens with zero attached hydrogens (tertiary/aromatic N) is 1. The van der Waals surface area contributed by atoms with Crippen LogP contribution in [-0.4, -0.2) is 37.7 Å². The lowest BCUT2D eigenvalue weighted by Crippen LogP contribution is -2.39. The van der Waals surface area contributed by atoms with Crippen LogP contribution in [0.3, 0.4) is 0 Å². The summed E-state index contributed by atoms with van der Waals surface area (Å²) in [6.07, 6.45) is 3.26. The highest BCUT2D eigenvalue weighted by Crippen LogP contribution is 2.10. The lowest BCUT2D eigenvalue weighted by molar-refractivity contribution is 0.195. The summed E-state index contributed by atoms with van der Waals surface area (Å²) in [4.78, 5) is 13.3. The van der Waals surface area contributed by atoms with E-state index < -0.39 is 0 Å². The number of nitrogens with one attached hydrogen (secondary N) is 1. The standard InChI is InChI=1S/C15H23FN2O2/c1-3-4-5-10-17-15(19)18(2)11-12-20-14-8-6-13(16)7-9-14/h6-9H,3-5,10-12H2,1-2H3,(H,17,19). The first-order valence-corrected chi connectivity index (χ1v) is 7.00. The Morgan fingerprint density at radius 2 is 2.00 bits per heavy atom. The average Bonchev–Trinajstić information content (AvgIpc) is 2.45. The Morgan fingerprint density at radius 1 is 1.30 bits per heavy atom. The van der Waals surface area contributed by atoms with Crippen molar-refractivity contribution in [1.29, 1.82) is 0 Å². The third kappa shape index (κ3) is 6.41. The molecule has 0 aliphatic heterocycles. The third-order valence-electron chi connectivity index (χ3n) is 2.91. The van der Waals surface area contributed by atoms with E-state index >= 15 is 0 Å². The molecule has 0 aromatic heterocycles. The molecule has 0 bridgehead atoms. The molecule has 0 saturated carbocycles. The van der Waals surface area contributed by atoms with Crippen molar-refractivity contribution in [3.63, 3.8) is 0 Å². The number of carbonyl (C=O) groups excluding carboxylic acids is 1. The summed E-state index contributed by atoms with van der Waals surface area (Å²) in [6.45, 7) is 3.69. The number of benzene rings is 1. The van der Waals surface area contributed by atoms with Gasteiger partial charge >= 0.3 is 6.03 Å². The number of ether oxygens (including phenoxy) is 1. The van der Waals surface area contributed by atoms with Crippen molar-refractivity contribution in [2.75, 3.05) is 26.7 Å². The maximum atomic E-state index is 12.7. The zero-order valence-electron chi connectivity index (χ0n) is 12.2. The molecule has 1 N–H and O–H groups in total. The molecule has 0 fully saturated rings. The molecule has 20 heavy (non-hydrogen) atoms. The number of rotatable bonds is 8. The Hall–Kier alpha value is -1.78.